The van der Waals surface area contributed by atoms with Gasteiger partial charge in [0.25, 0.3) is 0 Å². The quantitative estimate of drug-likeness (QED) is 0.899. The maximum atomic E-state index is 6.04. The lowest BCUT2D eigenvalue weighted by atomic mass is 9.97. The van der Waals surface area contributed by atoms with Crippen LogP contribution >= 0.6 is 23.4 Å². The van der Waals surface area contributed by atoms with Crippen LogP contribution in [-0.4, -0.2) is 18.1 Å². The summed E-state index contributed by atoms with van der Waals surface area (Å²) in [5, 5.41) is 5.43. The predicted octanol–water partition coefficient (Wildman–Crippen LogP) is 4.49. The van der Waals surface area contributed by atoms with Gasteiger partial charge < -0.3 is 9.73 Å². The maximum Gasteiger partial charge on any atom is 0.134 e. The molecule has 2 atom stereocenters. The third-order valence-electron chi connectivity index (χ3n) is 3.66. The van der Waals surface area contributed by atoms with Crippen molar-refractivity contribution in [1.82, 2.24) is 5.32 Å². The fourth-order valence-electron chi connectivity index (χ4n) is 2.72. The van der Waals surface area contributed by atoms with Crippen LogP contribution in [0.5, 0.6) is 0 Å². The first-order chi connectivity index (χ1) is 9.28. The summed E-state index contributed by atoms with van der Waals surface area (Å²) in [4.78, 5) is 0. The third-order valence-corrected chi connectivity index (χ3v) is 5.09. The molecule has 1 aliphatic heterocycles. The molecule has 2 nitrogen and oxygen atoms in total. The number of rotatable bonds is 4. The van der Waals surface area contributed by atoms with E-state index in [2.05, 4.69) is 18.3 Å². The van der Waals surface area contributed by atoms with Crippen LogP contribution in [-0.2, 0) is 0 Å². The molecule has 0 saturated carbocycles. The number of fused-ring (bicyclic) bond motifs is 1. The van der Waals surface area contributed by atoms with Crippen molar-refractivity contribution in [2.75, 3.05) is 18.1 Å². The number of hydrogen-bond acceptors (Lipinski definition) is 3. The molecule has 2 heterocycles. The van der Waals surface area contributed by atoms with Crippen LogP contribution in [0.25, 0.3) is 11.0 Å². The average Bonchev–Trinajstić information content (AvgIpc) is 3.04. The molecule has 1 aliphatic rings. The normalized spacial score (nSPS) is 21.1. The molecule has 1 N–H and O–H groups in total. The number of thioether (sulfide) groups is 1. The first-order valence-electron chi connectivity index (χ1n) is 6.78. The first kappa shape index (κ1) is 13.3. The van der Waals surface area contributed by atoms with Gasteiger partial charge >= 0.3 is 0 Å². The molecule has 2 unspecified atom stereocenters. The Hall–Kier alpha value is -0.640. The molecule has 1 aromatic carbocycles. The molecule has 1 aromatic heterocycles. The third kappa shape index (κ3) is 2.78. The zero-order valence-electron chi connectivity index (χ0n) is 11.0. The Bertz CT molecular complexity index is 562. The Kier molecular flexibility index (Phi) is 4.06. The fourth-order valence-corrected chi connectivity index (χ4v) is 4.20. The average molecular weight is 296 g/mol. The molecule has 2 aromatic rings. The number of furan rings is 1. The standard InChI is InChI=1S/C15H18ClNOS/c1-2-17-15(10-5-6-19-9-10)14-8-11-7-12(16)3-4-13(11)18-14/h3-4,7-8,10,15,17H,2,5-6,9H2,1H3. The fraction of sp³-hybridized carbons (Fsp3) is 0.467. The van der Waals surface area contributed by atoms with Crippen LogP contribution in [0, 0.1) is 5.92 Å². The van der Waals surface area contributed by atoms with Gasteiger partial charge in [-0.1, -0.05) is 18.5 Å². The maximum absolute atomic E-state index is 6.04. The van der Waals surface area contributed by atoms with Crippen molar-refractivity contribution in [3.63, 3.8) is 0 Å². The minimum absolute atomic E-state index is 0.325. The summed E-state index contributed by atoms with van der Waals surface area (Å²) in [6.07, 6.45) is 1.26. The highest BCUT2D eigenvalue weighted by molar-refractivity contribution is 7.99. The second-order valence-electron chi connectivity index (χ2n) is 4.99. The predicted molar refractivity (Wildman–Crippen MR) is 83.1 cm³/mol. The van der Waals surface area contributed by atoms with E-state index in [0.717, 1.165) is 28.3 Å². The highest BCUT2D eigenvalue weighted by Gasteiger charge is 2.28. The van der Waals surface area contributed by atoms with Crippen molar-refractivity contribution in [2.45, 2.75) is 19.4 Å². The summed E-state index contributed by atoms with van der Waals surface area (Å²) < 4.78 is 6.02. The van der Waals surface area contributed by atoms with Gasteiger partial charge in [0.2, 0.25) is 0 Å². The van der Waals surface area contributed by atoms with Gasteiger partial charge in [0.1, 0.15) is 11.3 Å². The van der Waals surface area contributed by atoms with E-state index in [4.69, 9.17) is 16.0 Å². The number of nitrogens with one attached hydrogen (secondary N) is 1. The van der Waals surface area contributed by atoms with Crippen molar-refractivity contribution >= 4 is 34.3 Å². The number of hydrogen-bond donors (Lipinski definition) is 1. The number of halogens is 1. The molecule has 4 heteroatoms. The van der Waals surface area contributed by atoms with Crippen molar-refractivity contribution < 1.29 is 4.42 Å². The van der Waals surface area contributed by atoms with Crippen molar-refractivity contribution in [2.24, 2.45) is 5.92 Å². The van der Waals surface area contributed by atoms with Crippen LogP contribution in [0.1, 0.15) is 25.1 Å². The summed E-state index contributed by atoms with van der Waals surface area (Å²) in [6, 6.07) is 8.26. The molecule has 102 valence electrons. The van der Waals surface area contributed by atoms with Gasteiger partial charge in [0.05, 0.1) is 6.04 Å². The molecule has 0 radical (unpaired) electrons. The molecule has 0 aliphatic carbocycles. The molecule has 19 heavy (non-hydrogen) atoms. The second kappa shape index (κ2) is 5.78. The summed E-state index contributed by atoms with van der Waals surface area (Å²) in [5.41, 5.74) is 0.924. The van der Waals surface area contributed by atoms with E-state index in [1.54, 1.807) is 0 Å². The molecule has 1 fully saturated rings. The largest absolute Gasteiger partial charge is 0.459 e. The van der Waals surface area contributed by atoms with Gasteiger partial charge in [0.15, 0.2) is 0 Å². The summed E-state index contributed by atoms with van der Waals surface area (Å²) >= 11 is 8.07. The van der Waals surface area contributed by atoms with E-state index in [0.29, 0.717) is 12.0 Å². The van der Waals surface area contributed by atoms with E-state index < -0.39 is 0 Å². The van der Waals surface area contributed by atoms with E-state index in [-0.39, 0.29) is 0 Å². The van der Waals surface area contributed by atoms with Gasteiger partial charge in [-0.2, -0.15) is 11.8 Å². The van der Waals surface area contributed by atoms with E-state index in [1.165, 1.54) is 17.9 Å². The lowest BCUT2D eigenvalue weighted by Crippen LogP contribution is -2.27. The molecule has 0 amide bonds. The second-order valence-corrected chi connectivity index (χ2v) is 6.58. The Morgan fingerprint density at radius 2 is 2.37 bits per heavy atom. The Morgan fingerprint density at radius 3 is 3.11 bits per heavy atom. The Balaban J connectivity index is 1.94. The molecular weight excluding hydrogens is 278 g/mol. The van der Waals surface area contributed by atoms with Crippen LogP contribution < -0.4 is 5.32 Å². The Morgan fingerprint density at radius 1 is 1.47 bits per heavy atom. The Labute approximate surface area is 122 Å². The molecular formula is C15H18ClNOS. The summed E-state index contributed by atoms with van der Waals surface area (Å²) in [6.45, 7) is 3.11. The number of benzene rings is 1. The monoisotopic (exact) mass is 295 g/mol. The van der Waals surface area contributed by atoms with Gasteiger partial charge in [-0.3, -0.25) is 0 Å². The van der Waals surface area contributed by atoms with Crippen molar-refractivity contribution in [1.29, 1.82) is 0 Å². The van der Waals surface area contributed by atoms with Gasteiger partial charge in [0, 0.05) is 10.4 Å². The zero-order valence-corrected chi connectivity index (χ0v) is 12.6. The lowest BCUT2D eigenvalue weighted by molar-refractivity contribution is 0.343. The highest BCUT2D eigenvalue weighted by Crippen LogP contribution is 2.36. The van der Waals surface area contributed by atoms with E-state index in [1.807, 2.05) is 30.0 Å². The van der Waals surface area contributed by atoms with Crippen LogP contribution in [0.15, 0.2) is 28.7 Å². The summed E-state index contributed by atoms with van der Waals surface area (Å²) in [5.74, 6) is 4.20. The SMILES string of the molecule is CCNC(c1cc2cc(Cl)ccc2o1)C1CCSC1. The zero-order chi connectivity index (χ0) is 13.2. The van der Waals surface area contributed by atoms with Crippen LogP contribution in [0.4, 0.5) is 0 Å². The van der Waals surface area contributed by atoms with Crippen LogP contribution in [0.2, 0.25) is 5.02 Å². The minimum atomic E-state index is 0.325. The van der Waals surface area contributed by atoms with Crippen LogP contribution in [0.3, 0.4) is 0 Å². The first-order valence-corrected chi connectivity index (χ1v) is 8.31. The smallest absolute Gasteiger partial charge is 0.134 e. The summed E-state index contributed by atoms with van der Waals surface area (Å²) in [7, 11) is 0. The minimum Gasteiger partial charge on any atom is -0.459 e. The van der Waals surface area contributed by atoms with Crippen molar-refractivity contribution in [3.05, 3.63) is 35.0 Å². The topological polar surface area (TPSA) is 25.2 Å². The van der Waals surface area contributed by atoms with Gasteiger partial charge in [-0.25, -0.2) is 0 Å². The van der Waals surface area contributed by atoms with Gasteiger partial charge in [-0.15, -0.1) is 0 Å². The molecule has 0 bridgehead atoms. The van der Waals surface area contributed by atoms with E-state index >= 15 is 0 Å². The molecule has 0 spiro atoms. The highest BCUT2D eigenvalue weighted by atomic mass is 35.5. The molecule has 3 rings (SSSR count). The molecule has 1 saturated heterocycles. The van der Waals surface area contributed by atoms with E-state index in [9.17, 15) is 0 Å². The van der Waals surface area contributed by atoms with Gasteiger partial charge in [-0.05, 0) is 54.7 Å². The van der Waals surface area contributed by atoms with Crippen molar-refractivity contribution in [3.8, 4) is 0 Å². The lowest BCUT2D eigenvalue weighted by Gasteiger charge is -2.21.